The molecule has 4 aliphatic heterocycles. The molecule has 0 aromatic heterocycles. The smallest absolute Gasteiger partial charge is 0.0890 e. The van der Waals surface area contributed by atoms with Gasteiger partial charge in [-0.1, -0.05) is 79.1 Å². The fraction of sp³-hybridized carbons (Fsp3) is 0.854. The highest BCUT2D eigenvalue weighted by molar-refractivity contribution is 4.89. The molecule has 0 saturated carbocycles. The Hall–Kier alpha value is -2.06. The van der Waals surface area contributed by atoms with Crippen LogP contribution in [0.2, 0.25) is 0 Å². The second-order valence-corrected chi connectivity index (χ2v) is 15.5. The fourth-order valence-corrected chi connectivity index (χ4v) is 5.77. The van der Waals surface area contributed by atoms with Gasteiger partial charge in [-0.15, -0.1) is 0 Å². The first-order chi connectivity index (χ1) is 23.5. The third kappa shape index (κ3) is 29.4. The summed E-state index contributed by atoms with van der Waals surface area (Å²) in [6.45, 7) is 23.3. The van der Waals surface area contributed by atoms with Crippen LogP contribution in [0.3, 0.4) is 0 Å². The lowest BCUT2D eigenvalue weighted by molar-refractivity contribution is -0.870. The van der Waals surface area contributed by atoms with Gasteiger partial charge >= 0.3 is 0 Å². The van der Waals surface area contributed by atoms with Crippen molar-refractivity contribution < 1.29 is 4.48 Å². The van der Waals surface area contributed by atoms with Gasteiger partial charge in [0.25, 0.3) is 0 Å². The highest BCUT2D eigenvalue weighted by Crippen LogP contribution is 2.10. The number of likely N-dealkylation sites (tertiary alicyclic amines) is 1. The maximum absolute atomic E-state index is 2.62. The lowest BCUT2D eigenvalue weighted by Gasteiger charge is -2.26. The Labute approximate surface area is 308 Å². The lowest BCUT2D eigenvalue weighted by Crippen LogP contribution is -2.35. The molecule has 0 atom stereocenters. The van der Waals surface area contributed by atoms with Crippen molar-refractivity contribution in [3.8, 4) is 0 Å². The molecule has 0 aromatic carbocycles. The molecule has 0 spiro atoms. The Kier molecular flexibility index (Phi) is 29.4. The van der Waals surface area contributed by atoms with E-state index in [2.05, 4.69) is 148 Å². The fourth-order valence-electron chi connectivity index (χ4n) is 5.77. The van der Waals surface area contributed by atoms with Crippen LogP contribution in [0, 0.1) is 0 Å². The minimum atomic E-state index is 1.05. The topological polar surface area (TPSA) is 22.7 Å². The molecule has 0 amide bonds. The molecule has 0 unspecified atom stereocenters. The summed E-state index contributed by atoms with van der Waals surface area (Å²) in [4.78, 5) is 16.1. The third-order valence-electron chi connectivity index (χ3n) is 9.02. The Morgan fingerprint density at radius 3 is 1.24 bits per heavy atom. The number of nitrogens with zero attached hydrogens (tertiary/aromatic N) is 8. The molecule has 0 aromatic rings. The summed E-state index contributed by atoms with van der Waals surface area (Å²) >= 11 is 0. The SMILES string of the molecule is CCCCCCN1C=CN(C)C1.CCCCCN1CCCCC1.CCCCN1C=CN(C)C1.CCCC[N+](C)(C)C.CCN1C=CN(C)C1. The standard InChI is InChI=1S/C10H20N2.C10H21N.C8H16N2.C7H18N.C6H12N2/c1-3-4-5-6-7-12-9-8-11(2)10-12;1-2-3-5-8-11-9-6-4-7-10-11;1-3-4-5-10-7-6-9(2)8-10;1-5-6-7-8(2,3)4;1-3-8-5-4-7(2)6-8/h8-9H,3-7,10H2,1-2H3;2-10H2,1H3;6-7H,3-5,8H2,1-2H3;5-7H2,1-4H3;4-5H,3,6H2,1-2H3/q;;;+1;. The van der Waals surface area contributed by atoms with Crippen LogP contribution in [-0.2, 0) is 0 Å². The van der Waals surface area contributed by atoms with Gasteiger partial charge in [0.15, 0.2) is 0 Å². The summed E-state index contributed by atoms with van der Waals surface area (Å²) in [5.41, 5.74) is 0. The average molecular weight is 692 g/mol. The molecule has 1 saturated heterocycles. The van der Waals surface area contributed by atoms with Gasteiger partial charge in [-0.3, -0.25) is 0 Å². The van der Waals surface area contributed by atoms with Gasteiger partial charge in [0.2, 0.25) is 0 Å². The molecule has 0 radical (unpaired) electrons. The van der Waals surface area contributed by atoms with E-state index >= 15 is 0 Å². The summed E-state index contributed by atoms with van der Waals surface area (Å²) in [7, 11) is 13.0. The van der Waals surface area contributed by atoms with Crippen molar-refractivity contribution in [1.29, 1.82) is 0 Å². The summed E-state index contributed by atoms with van der Waals surface area (Å²) in [6.07, 6.45) is 32.0. The zero-order chi connectivity index (χ0) is 36.8. The Morgan fingerprint density at radius 1 is 0.449 bits per heavy atom. The van der Waals surface area contributed by atoms with Crippen molar-refractivity contribution in [1.82, 2.24) is 34.3 Å². The number of hydrogen-bond acceptors (Lipinski definition) is 7. The molecule has 4 aliphatic rings. The first-order valence-corrected chi connectivity index (χ1v) is 20.4. The largest absolute Gasteiger partial charge is 0.362 e. The summed E-state index contributed by atoms with van der Waals surface area (Å²) in [6, 6.07) is 0. The average Bonchev–Trinajstić information content (AvgIpc) is 3.83. The second kappa shape index (κ2) is 30.7. The quantitative estimate of drug-likeness (QED) is 0.118. The summed E-state index contributed by atoms with van der Waals surface area (Å²) < 4.78 is 1.10. The maximum atomic E-state index is 2.62. The number of hydrogen-bond donors (Lipinski definition) is 0. The molecule has 290 valence electrons. The van der Waals surface area contributed by atoms with Gasteiger partial charge in [-0.05, 0) is 65.1 Å². The van der Waals surface area contributed by atoms with E-state index in [0.29, 0.717) is 0 Å². The summed E-state index contributed by atoms with van der Waals surface area (Å²) in [5.74, 6) is 0. The van der Waals surface area contributed by atoms with Crippen LogP contribution >= 0.6 is 0 Å². The maximum Gasteiger partial charge on any atom is 0.0890 e. The van der Waals surface area contributed by atoms with Crippen molar-refractivity contribution >= 4 is 0 Å². The first kappa shape index (κ1) is 46.9. The monoisotopic (exact) mass is 692 g/mol. The third-order valence-corrected chi connectivity index (χ3v) is 9.02. The van der Waals surface area contributed by atoms with Crippen LogP contribution in [0.1, 0.15) is 125 Å². The van der Waals surface area contributed by atoms with E-state index in [0.717, 1.165) is 31.0 Å². The number of quaternary nitrogens is 1. The summed E-state index contributed by atoms with van der Waals surface area (Å²) in [5, 5.41) is 0. The van der Waals surface area contributed by atoms with Gasteiger partial charge < -0.3 is 38.8 Å². The first-order valence-electron chi connectivity index (χ1n) is 20.4. The molecular formula is C41H87N8+. The molecule has 8 heteroatoms. The Balaban J connectivity index is 0.000000593. The molecule has 4 heterocycles. The number of unbranched alkanes of at least 4 members (excludes halogenated alkanes) is 7. The van der Waals surface area contributed by atoms with E-state index in [1.54, 1.807) is 0 Å². The van der Waals surface area contributed by atoms with E-state index < -0.39 is 0 Å². The van der Waals surface area contributed by atoms with E-state index in [4.69, 9.17) is 0 Å². The molecule has 1 fully saturated rings. The van der Waals surface area contributed by atoms with Crippen LogP contribution < -0.4 is 0 Å². The predicted octanol–water partition coefficient (Wildman–Crippen LogP) is 8.54. The van der Waals surface area contributed by atoms with Crippen LogP contribution in [0.15, 0.2) is 37.2 Å². The van der Waals surface area contributed by atoms with Gasteiger partial charge in [0, 0.05) is 78.0 Å². The molecular weight excluding hydrogens is 605 g/mol. The Bertz CT molecular complexity index is 802. The van der Waals surface area contributed by atoms with Crippen molar-refractivity contribution in [2.45, 2.75) is 125 Å². The van der Waals surface area contributed by atoms with E-state index in [1.807, 2.05) is 0 Å². The zero-order valence-electron chi connectivity index (χ0n) is 35.0. The normalized spacial score (nSPS) is 17.0. The van der Waals surface area contributed by atoms with Gasteiger partial charge in [-0.2, -0.15) is 0 Å². The van der Waals surface area contributed by atoms with Crippen molar-refractivity contribution in [3.63, 3.8) is 0 Å². The van der Waals surface area contributed by atoms with E-state index in [-0.39, 0.29) is 0 Å². The van der Waals surface area contributed by atoms with Crippen molar-refractivity contribution in [2.24, 2.45) is 0 Å². The molecule has 0 aliphatic carbocycles. The minimum absolute atomic E-state index is 1.05. The Morgan fingerprint density at radius 2 is 0.878 bits per heavy atom. The van der Waals surface area contributed by atoms with Crippen LogP contribution in [-0.4, -0.2) is 147 Å². The molecule has 4 rings (SSSR count). The number of piperidine rings is 1. The van der Waals surface area contributed by atoms with Crippen molar-refractivity contribution in [2.75, 3.05) is 108 Å². The highest BCUT2D eigenvalue weighted by Gasteiger charge is 2.09. The molecule has 0 N–H and O–H groups in total. The van der Waals surface area contributed by atoms with E-state index in [1.165, 1.54) is 129 Å². The van der Waals surface area contributed by atoms with Crippen LogP contribution in [0.5, 0.6) is 0 Å². The van der Waals surface area contributed by atoms with E-state index in [9.17, 15) is 0 Å². The highest BCUT2D eigenvalue weighted by atomic mass is 15.3. The predicted molar refractivity (Wildman–Crippen MR) is 218 cm³/mol. The van der Waals surface area contributed by atoms with Crippen LogP contribution in [0.4, 0.5) is 0 Å². The zero-order valence-corrected chi connectivity index (χ0v) is 35.0. The van der Waals surface area contributed by atoms with Gasteiger partial charge in [0.05, 0.1) is 47.7 Å². The number of rotatable bonds is 16. The molecule has 8 nitrogen and oxygen atoms in total. The molecule has 0 bridgehead atoms. The van der Waals surface area contributed by atoms with Crippen molar-refractivity contribution in [3.05, 3.63) is 37.2 Å². The molecule has 49 heavy (non-hydrogen) atoms. The van der Waals surface area contributed by atoms with Crippen LogP contribution in [0.25, 0.3) is 0 Å². The second-order valence-electron chi connectivity index (χ2n) is 15.5. The van der Waals surface area contributed by atoms with Gasteiger partial charge in [0.1, 0.15) is 0 Å². The lowest BCUT2D eigenvalue weighted by atomic mass is 10.1. The minimum Gasteiger partial charge on any atom is -0.362 e. The van der Waals surface area contributed by atoms with Gasteiger partial charge in [-0.25, -0.2) is 0 Å².